The molecule has 0 amide bonds. The number of alkyl halides is 1. The molecule has 1 rings (SSSR count). The molecular weight excluding hydrogens is 369 g/mol. The first-order valence-electron chi connectivity index (χ1n) is 6.14. The third-order valence-corrected chi connectivity index (χ3v) is 5.58. The van der Waals surface area contributed by atoms with Gasteiger partial charge in [-0.05, 0) is 18.8 Å². The second-order valence-corrected chi connectivity index (χ2v) is 7.98. The Labute approximate surface area is 122 Å². The third kappa shape index (κ3) is 5.83. The highest BCUT2D eigenvalue weighted by molar-refractivity contribution is 14.1. The van der Waals surface area contributed by atoms with E-state index in [2.05, 4.69) is 9.46 Å². The molecule has 1 saturated carbocycles. The Bertz CT molecular complexity index is 365. The quantitative estimate of drug-likeness (QED) is 0.424. The molecule has 0 aromatic carbocycles. The lowest BCUT2D eigenvalue weighted by Gasteiger charge is -2.21. The fraction of sp³-hybridized carbons (Fsp3) is 0.909. The number of hydrogen-bond donors (Lipinski definition) is 1. The van der Waals surface area contributed by atoms with Crippen molar-refractivity contribution in [2.75, 3.05) is 19.4 Å². The summed E-state index contributed by atoms with van der Waals surface area (Å²) in [7, 11) is -1.98. The van der Waals surface area contributed by atoms with Crippen molar-refractivity contribution in [1.29, 1.82) is 0 Å². The Kier molecular flexibility index (Phi) is 6.86. The summed E-state index contributed by atoms with van der Waals surface area (Å²) in [5.74, 6) is 0.0374. The van der Waals surface area contributed by atoms with Gasteiger partial charge in [0.05, 0.1) is 12.9 Å². The number of hydrogen-bond acceptors (Lipinski definition) is 4. The van der Waals surface area contributed by atoms with Gasteiger partial charge in [0.15, 0.2) is 0 Å². The highest BCUT2D eigenvalue weighted by Crippen LogP contribution is 2.24. The summed E-state index contributed by atoms with van der Waals surface area (Å²) in [5, 5.41) is 0. The minimum Gasteiger partial charge on any atom is -0.468 e. The minimum atomic E-state index is -3.28. The Morgan fingerprint density at radius 3 is 2.56 bits per heavy atom. The van der Waals surface area contributed by atoms with Gasteiger partial charge in [0.1, 0.15) is 3.92 Å². The zero-order valence-corrected chi connectivity index (χ0v) is 13.5. The molecule has 1 atom stereocenters. The Balaban J connectivity index is 2.37. The third-order valence-electron chi connectivity index (χ3n) is 3.12. The molecule has 1 N–H and O–H groups in total. The number of halogens is 1. The smallest absolute Gasteiger partial charge is 0.319 e. The van der Waals surface area contributed by atoms with Crippen LogP contribution in [0.4, 0.5) is 0 Å². The predicted molar refractivity (Wildman–Crippen MR) is 78.2 cm³/mol. The van der Waals surface area contributed by atoms with Crippen molar-refractivity contribution < 1.29 is 17.9 Å². The molecule has 0 spiro atoms. The molecule has 106 valence electrons. The standard InChI is InChI=1S/C11H20INO4S/c1-17-11(14)10(12)7-13-18(15,16)8-9-5-3-2-4-6-9/h9-10,13H,2-8H2,1H3. The number of sulfonamides is 1. The average molecular weight is 389 g/mol. The molecule has 0 bridgehead atoms. The summed E-state index contributed by atoms with van der Waals surface area (Å²) >= 11 is 1.88. The van der Waals surface area contributed by atoms with Crippen LogP contribution in [-0.2, 0) is 19.6 Å². The Morgan fingerprint density at radius 2 is 2.00 bits per heavy atom. The van der Waals surface area contributed by atoms with E-state index in [-0.39, 0.29) is 18.2 Å². The number of methoxy groups -OCH3 is 1. The van der Waals surface area contributed by atoms with Gasteiger partial charge in [0.2, 0.25) is 10.0 Å². The predicted octanol–water partition coefficient (Wildman–Crippen LogP) is 1.46. The molecule has 0 saturated heterocycles. The van der Waals surface area contributed by atoms with Gasteiger partial charge in [-0.15, -0.1) is 0 Å². The molecule has 1 aliphatic carbocycles. The maximum atomic E-state index is 11.8. The SMILES string of the molecule is COC(=O)C(I)CNS(=O)(=O)CC1CCCCC1. The lowest BCUT2D eigenvalue weighted by molar-refractivity contribution is -0.139. The number of esters is 1. The maximum Gasteiger partial charge on any atom is 0.319 e. The largest absolute Gasteiger partial charge is 0.468 e. The molecule has 0 aliphatic heterocycles. The monoisotopic (exact) mass is 389 g/mol. The second-order valence-electron chi connectivity index (χ2n) is 4.62. The first kappa shape index (κ1) is 16.2. The van der Waals surface area contributed by atoms with Crippen molar-refractivity contribution in [1.82, 2.24) is 4.72 Å². The van der Waals surface area contributed by atoms with Crippen LogP contribution in [0.15, 0.2) is 0 Å². The minimum absolute atomic E-state index is 0.0995. The van der Waals surface area contributed by atoms with Crippen molar-refractivity contribution in [2.45, 2.75) is 36.0 Å². The zero-order valence-electron chi connectivity index (χ0n) is 10.5. The number of nitrogens with one attached hydrogen (secondary N) is 1. The molecule has 0 aromatic rings. The van der Waals surface area contributed by atoms with E-state index >= 15 is 0 Å². The summed E-state index contributed by atoms with van der Waals surface area (Å²) in [6, 6.07) is 0. The van der Waals surface area contributed by atoms with Crippen molar-refractivity contribution in [3.8, 4) is 0 Å². The lowest BCUT2D eigenvalue weighted by atomic mass is 9.91. The van der Waals surface area contributed by atoms with Crippen molar-refractivity contribution in [3.63, 3.8) is 0 Å². The van der Waals surface area contributed by atoms with E-state index in [1.54, 1.807) is 0 Å². The van der Waals surface area contributed by atoms with Crippen LogP contribution in [0.2, 0.25) is 0 Å². The highest BCUT2D eigenvalue weighted by atomic mass is 127. The number of ether oxygens (including phenoxy) is 1. The van der Waals surface area contributed by atoms with Gasteiger partial charge < -0.3 is 4.74 Å². The van der Waals surface area contributed by atoms with Crippen molar-refractivity contribution >= 4 is 38.6 Å². The van der Waals surface area contributed by atoms with E-state index < -0.39 is 19.9 Å². The summed E-state index contributed by atoms with van der Waals surface area (Å²) in [5.41, 5.74) is 0. The van der Waals surface area contributed by atoms with Gasteiger partial charge in [-0.2, -0.15) is 0 Å². The molecule has 0 heterocycles. The Morgan fingerprint density at radius 1 is 1.39 bits per heavy atom. The molecule has 1 unspecified atom stereocenters. The molecule has 18 heavy (non-hydrogen) atoms. The van der Waals surface area contributed by atoms with E-state index in [0.29, 0.717) is 0 Å². The number of carbonyl (C=O) groups excluding carboxylic acids is 1. The average Bonchev–Trinajstić information content (AvgIpc) is 2.35. The van der Waals surface area contributed by atoms with Crippen LogP contribution in [0, 0.1) is 5.92 Å². The van der Waals surface area contributed by atoms with Crippen LogP contribution in [-0.4, -0.2) is 37.7 Å². The summed E-state index contributed by atoms with van der Waals surface area (Å²) in [4.78, 5) is 11.2. The van der Waals surface area contributed by atoms with E-state index in [0.717, 1.165) is 25.7 Å². The molecule has 1 fully saturated rings. The van der Waals surface area contributed by atoms with Gasteiger partial charge in [-0.3, -0.25) is 4.79 Å². The second kappa shape index (κ2) is 7.64. The van der Waals surface area contributed by atoms with Gasteiger partial charge in [0, 0.05) is 6.54 Å². The van der Waals surface area contributed by atoms with Gasteiger partial charge in [0.25, 0.3) is 0 Å². The van der Waals surface area contributed by atoms with Crippen molar-refractivity contribution in [2.24, 2.45) is 5.92 Å². The van der Waals surface area contributed by atoms with Gasteiger partial charge >= 0.3 is 5.97 Å². The van der Waals surface area contributed by atoms with Crippen molar-refractivity contribution in [3.05, 3.63) is 0 Å². The summed E-state index contributed by atoms with van der Waals surface area (Å²) < 4.78 is 30.2. The van der Waals surface area contributed by atoms with Crippen LogP contribution < -0.4 is 4.72 Å². The van der Waals surface area contributed by atoms with Gasteiger partial charge in [-0.1, -0.05) is 41.9 Å². The fourth-order valence-corrected chi connectivity index (χ4v) is 4.40. The molecule has 1 aliphatic rings. The van der Waals surface area contributed by atoms with Crippen LogP contribution in [0.25, 0.3) is 0 Å². The topological polar surface area (TPSA) is 72.5 Å². The maximum absolute atomic E-state index is 11.8. The van der Waals surface area contributed by atoms with E-state index in [4.69, 9.17) is 0 Å². The fourth-order valence-electron chi connectivity index (χ4n) is 2.13. The van der Waals surface area contributed by atoms with E-state index in [9.17, 15) is 13.2 Å². The lowest BCUT2D eigenvalue weighted by Crippen LogP contribution is -2.37. The van der Waals surface area contributed by atoms with E-state index in [1.807, 2.05) is 22.6 Å². The molecule has 0 aromatic heterocycles. The number of rotatable bonds is 6. The van der Waals surface area contributed by atoms with E-state index in [1.165, 1.54) is 13.5 Å². The zero-order chi connectivity index (χ0) is 13.6. The first-order valence-corrected chi connectivity index (χ1v) is 9.03. The molecule has 7 heteroatoms. The van der Waals surface area contributed by atoms with Crippen LogP contribution in [0.5, 0.6) is 0 Å². The van der Waals surface area contributed by atoms with Gasteiger partial charge in [-0.25, -0.2) is 13.1 Å². The summed E-state index contributed by atoms with van der Waals surface area (Å²) in [6.07, 6.45) is 5.44. The molecular formula is C11H20INO4S. The van der Waals surface area contributed by atoms with Crippen LogP contribution >= 0.6 is 22.6 Å². The molecule has 5 nitrogen and oxygen atoms in total. The summed E-state index contributed by atoms with van der Waals surface area (Å²) in [6.45, 7) is 0.0995. The Hall–Kier alpha value is 0.110. The van der Waals surface area contributed by atoms with Crippen LogP contribution in [0.3, 0.4) is 0 Å². The highest BCUT2D eigenvalue weighted by Gasteiger charge is 2.23. The van der Waals surface area contributed by atoms with Crippen LogP contribution in [0.1, 0.15) is 32.1 Å². The first-order chi connectivity index (χ1) is 8.44. The normalized spacial score (nSPS) is 19.4. The molecule has 0 radical (unpaired) electrons. The number of carbonyl (C=O) groups is 1.